The third-order valence-corrected chi connectivity index (χ3v) is 8.51. The topological polar surface area (TPSA) is 75.7 Å². The molecule has 0 aliphatic heterocycles. The van der Waals surface area contributed by atoms with Gasteiger partial charge in [-0.15, -0.1) is 11.3 Å². The van der Waals surface area contributed by atoms with Gasteiger partial charge in [-0.1, -0.05) is 19.1 Å². The molecular formula is C28H32N2O4S2. The molecule has 2 aromatic heterocycles. The summed E-state index contributed by atoms with van der Waals surface area (Å²) in [6.45, 7) is 6.19. The third kappa shape index (κ3) is 5.71. The Morgan fingerprint density at radius 1 is 1.06 bits per heavy atom. The smallest absolute Gasteiger partial charge is 0.350 e. The van der Waals surface area contributed by atoms with E-state index in [0.29, 0.717) is 27.7 Å². The quantitative estimate of drug-likeness (QED) is 0.335. The van der Waals surface area contributed by atoms with Crippen LogP contribution in [-0.4, -0.2) is 30.9 Å². The summed E-state index contributed by atoms with van der Waals surface area (Å²) >= 11 is 2.79. The highest BCUT2D eigenvalue weighted by molar-refractivity contribution is 7.18. The number of esters is 1. The summed E-state index contributed by atoms with van der Waals surface area (Å²) in [6.07, 6.45) is 3.87. The van der Waals surface area contributed by atoms with Gasteiger partial charge in [0.1, 0.15) is 4.88 Å². The highest BCUT2D eigenvalue weighted by Gasteiger charge is 2.33. The van der Waals surface area contributed by atoms with E-state index in [0.717, 1.165) is 36.1 Å². The first-order chi connectivity index (χ1) is 17.3. The molecular weight excluding hydrogens is 492 g/mol. The monoisotopic (exact) mass is 524 g/mol. The van der Waals surface area contributed by atoms with Crippen LogP contribution in [0.25, 0.3) is 10.4 Å². The summed E-state index contributed by atoms with van der Waals surface area (Å²) in [7, 11) is 1.36. The molecule has 2 amide bonds. The molecule has 0 bridgehead atoms. The van der Waals surface area contributed by atoms with Crippen molar-refractivity contribution in [2.24, 2.45) is 11.8 Å². The number of hydrogen-bond donors (Lipinski definition) is 1. The van der Waals surface area contributed by atoms with Crippen molar-refractivity contribution in [2.45, 2.75) is 52.5 Å². The molecule has 1 saturated carbocycles. The molecule has 4 rings (SSSR count). The van der Waals surface area contributed by atoms with Crippen molar-refractivity contribution in [3.8, 4) is 10.4 Å². The second-order valence-electron chi connectivity index (χ2n) is 9.62. The minimum absolute atomic E-state index is 0.0245. The molecule has 1 N–H and O–H groups in total. The second-order valence-corrected chi connectivity index (χ2v) is 11.5. The number of thiophene rings is 2. The van der Waals surface area contributed by atoms with E-state index in [9.17, 15) is 14.4 Å². The standard InChI is InChI=1S/C28H32N2O4S2/c1-17(2)30(27(32)20-7-5-18(3)6-8-20)23-15-24(36-25(23)28(33)34-4)19-9-11-22(12-10-19)29-26(31)21-13-14-35-16-21/h9-18,20H,5-8H2,1-4H3,(H,29,31). The number of methoxy groups -OCH3 is 1. The van der Waals surface area contributed by atoms with Gasteiger partial charge in [0.2, 0.25) is 5.91 Å². The first kappa shape index (κ1) is 26.1. The Bertz CT molecular complexity index is 1210. The number of carbonyl (C=O) groups excluding carboxylic acids is 3. The number of nitrogens with one attached hydrogen (secondary N) is 1. The Balaban J connectivity index is 1.61. The van der Waals surface area contributed by atoms with Crippen LogP contribution < -0.4 is 10.2 Å². The number of ether oxygens (including phenoxy) is 1. The molecule has 1 aliphatic rings. The molecule has 0 atom stereocenters. The predicted molar refractivity (Wildman–Crippen MR) is 147 cm³/mol. The summed E-state index contributed by atoms with van der Waals surface area (Å²) in [5.74, 6) is 0.106. The molecule has 1 aliphatic carbocycles. The average molecular weight is 525 g/mol. The normalized spacial score (nSPS) is 17.6. The van der Waals surface area contributed by atoms with Crippen molar-refractivity contribution in [1.29, 1.82) is 0 Å². The summed E-state index contributed by atoms with van der Waals surface area (Å²) in [5, 5.41) is 6.57. The molecule has 1 fully saturated rings. The molecule has 1 aromatic carbocycles. The van der Waals surface area contributed by atoms with Gasteiger partial charge in [-0.3, -0.25) is 9.59 Å². The van der Waals surface area contributed by atoms with E-state index in [1.54, 1.807) is 16.3 Å². The van der Waals surface area contributed by atoms with Crippen LogP contribution in [-0.2, 0) is 9.53 Å². The largest absolute Gasteiger partial charge is 0.465 e. The van der Waals surface area contributed by atoms with Crippen molar-refractivity contribution >= 4 is 51.8 Å². The lowest BCUT2D eigenvalue weighted by Crippen LogP contribution is -2.42. The maximum absolute atomic E-state index is 13.6. The van der Waals surface area contributed by atoms with E-state index in [4.69, 9.17) is 4.74 Å². The zero-order valence-corrected chi connectivity index (χ0v) is 22.7. The fourth-order valence-electron chi connectivity index (χ4n) is 4.61. The highest BCUT2D eigenvalue weighted by Crippen LogP contribution is 2.40. The van der Waals surface area contributed by atoms with Gasteiger partial charge < -0.3 is 15.0 Å². The van der Waals surface area contributed by atoms with Gasteiger partial charge in [0.25, 0.3) is 5.91 Å². The molecule has 0 unspecified atom stereocenters. The van der Waals surface area contributed by atoms with Crippen LogP contribution in [0.2, 0.25) is 0 Å². The van der Waals surface area contributed by atoms with Crippen LogP contribution in [0.15, 0.2) is 47.2 Å². The van der Waals surface area contributed by atoms with Crippen LogP contribution in [0.4, 0.5) is 11.4 Å². The molecule has 0 saturated heterocycles. The summed E-state index contributed by atoms with van der Waals surface area (Å²) < 4.78 is 5.08. The number of carbonyl (C=O) groups is 3. The fraction of sp³-hybridized carbons (Fsp3) is 0.393. The van der Waals surface area contributed by atoms with E-state index in [1.165, 1.54) is 29.8 Å². The lowest BCUT2D eigenvalue weighted by molar-refractivity contribution is -0.123. The van der Waals surface area contributed by atoms with Crippen molar-refractivity contribution in [1.82, 2.24) is 0 Å². The Kier molecular flexibility index (Phi) is 8.26. The number of benzene rings is 1. The average Bonchev–Trinajstić information content (AvgIpc) is 3.55. The molecule has 190 valence electrons. The summed E-state index contributed by atoms with van der Waals surface area (Å²) in [5.41, 5.74) is 2.81. The van der Waals surface area contributed by atoms with E-state index >= 15 is 0 Å². The van der Waals surface area contributed by atoms with Crippen molar-refractivity contribution in [3.63, 3.8) is 0 Å². The van der Waals surface area contributed by atoms with Gasteiger partial charge in [0.15, 0.2) is 0 Å². The van der Waals surface area contributed by atoms with Crippen LogP contribution in [0, 0.1) is 11.8 Å². The predicted octanol–water partition coefficient (Wildman–Crippen LogP) is 7.08. The first-order valence-corrected chi connectivity index (χ1v) is 14.0. The van der Waals surface area contributed by atoms with Crippen LogP contribution in [0.5, 0.6) is 0 Å². The lowest BCUT2D eigenvalue weighted by atomic mass is 9.82. The zero-order valence-electron chi connectivity index (χ0n) is 21.1. The van der Waals surface area contributed by atoms with Gasteiger partial charge >= 0.3 is 5.97 Å². The maximum atomic E-state index is 13.6. The SMILES string of the molecule is COC(=O)c1sc(-c2ccc(NC(=O)c3ccsc3)cc2)cc1N(C(=O)C1CCC(C)CC1)C(C)C. The highest BCUT2D eigenvalue weighted by atomic mass is 32.1. The lowest BCUT2D eigenvalue weighted by Gasteiger charge is -2.33. The first-order valence-electron chi connectivity index (χ1n) is 12.3. The molecule has 3 aromatic rings. The molecule has 2 heterocycles. The van der Waals surface area contributed by atoms with Crippen molar-refractivity contribution in [2.75, 3.05) is 17.3 Å². The van der Waals surface area contributed by atoms with Gasteiger partial charge in [0, 0.05) is 27.9 Å². The number of anilines is 2. The Morgan fingerprint density at radius 2 is 1.75 bits per heavy atom. The van der Waals surface area contributed by atoms with Gasteiger partial charge in [-0.05, 0) is 80.7 Å². The summed E-state index contributed by atoms with van der Waals surface area (Å²) in [6, 6.07) is 11.1. The molecule has 0 radical (unpaired) electrons. The molecule has 6 nitrogen and oxygen atoms in total. The fourth-order valence-corrected chi connectivity index (χ4v) is 6.32. The minimum atomic E-state index is -0.448. The number of amides is 2. The second kappa shape index (κ2) is 11.4. The van der Waals surface area contributed by atoms with E-state index < -0.39 is 5.97 Å². The number of nitrogens with zero attached hydrogens (tertiary/aromatic N) is 1. The zero-order chi connectivity index (χ0) is 25.8. The van der Waals surface area contributed by atoms with E-state index in [1.807, 2.05) is 49.6 Å². The Labute approximate surface area is 220 Å². The third-order valence-electron chi connectivity index (χ3n) is 6.67. The number of rotatable bonds is 7. The maximum Gasteiger partial charge on any atom is 0.350 e. The number of hydrogen-bond acceptors (Lipinski definition) is 6. The van der Waals surface area contributed by atoms with Crippen LogP contribution >= 0.6 is 22.7 Å². The molecule has 36 heavy (non-hydrogen) atoms. The van der Waals surface area contributed by atoms with Crippen LogP contribution in [0.3, 0.4) is 0 Å². The van der Waals surface area contributed by atoms with Gasteiger partial charge in [-0.2, -0.15) is 11.3 Å². The Hall–Kier alpha value is -2.97. The van der Waals surface area contributed by atoms with Gasteiger partial charge in [-0.25, -0.2) is 4.79 Å². The van der Waals surface area contributed by atoms with Gasteiger partial charge in [0.05, 0.1) is 18.4 Å². The van der Waals surface area contributed by atoms with Crippen molar-refractivity contribution < 1.29 is 19.1 Å². The molecule has 0 spiro atoms. The van der Waals surface area contributed by atoms with E-state index in [-0.39, 0.29) is 23.8 Å². The van der Waals surface area contributed by atoms with Crippen LogP contribution in [0.1, 0.15) is 66.5 Å². The minimum Gasteiger partial charge on any atom is -0.465 e. The molecule has 8 heteroatoms. The Morgan fingerprint density at radius 3 is 2.33 bits per heavy atom. The van der Waals surface area contributed by atoms with E-state index in [2.05, 4.69) is 12.2 Å². The summed E-state index contributed by atoms with van der Waals surface area (Å²) in [4.78, 5) is 41.8. The van der Waals surface area contributed by atoms with Crippen molar-refractivity contribution in [3.05, 3.63) is 57.6 Å².